The quantitative estimate of drug-likeness (QED) is 0.467. The van der Waals surface area contributed by atoms with Crippen molar-refractivity contribution in [3.63, 3.8) is 0 Å². The number of pyridine rings is 1. The van der Waals surface area contributed by atoms with Crippen molar-refractivity contribution >= 4 is 40.8 Å². The third-order valence-corrected chi connectivity index (χ3v) is 5.23. The van der Waals surface area contributed by atoms with Gasteiger partial charge in [0.25, 0.3) is 11.5 Å². The first-order valence-corrected chi connectivity index (χ1v) is 9.56. The molecule has 2 aromatic rings. The van der Waals surface area contributed by atoms with Crippen LogP contribution >= 0.6 is 11.6 Å². The van der Waals surface area contributed by atoms with Gasteiger partial charge in [-0.1, -0.05) is 11.6 Å². The molecule has 0 radical (unpaired) electrons. The van der Waals surface area contributed by atoms with E-state index in [0.717, 1.165) is 0 Å². The molecule has 1 atom stereocenters. The molecule has 0 saturated heterocycles. The fourth-order valence-corrected chi connectivity index (χ4v) is 3.26. The lowest BCUT2D eigenvalue weighted by molar-refractivity contribution is -0.137. The van der Waals surface area contributed by atoms with Gasteiger partial charge in [0, 0.05) is 11.8 Å². The number of hydrogen-bond acceptors (Lipinski definition) is 6. The van der Waals surface area contributed by atoms with E-state index < -0.39 is 41.3 Å². The standard InChI is InChI=1S/C20H18ClN5O5/c21-13-8-11(3-4-14(13)23)17(29)25-15-2-1-7-26(18(15)30)20(5-6-20)19(31)24-12(10-22)9-16(27)28/h1-4,7-8,12H,5-6,9,23H2,(H,24,31)(H,25,29)(H,27,28)/t12-/m0/s1. The highest BCUT2D eigenvalue weighted by Gasteiger charge is 2.53. The average molecular weight is 444 g/mol. The van der Waals surface area contributed by atoms with Gasteiger partial charge in [-0.25, -0.2) is 0 Å². The molecule has 1 aliphatic rings. The van der Waals surface area contributed by atoms with E-state index in [-0.39, 0.29) is 16.3 Å². The maximum absolute atomic E-state index is 12.9. The Morgan fingerprint density at radius 1 is 1.32 bits per heavy atom. The zero-order valence-electron chi connectivity index (χ0n) is 16.1. The second-order valence-corrected chi connectivity index (χ2v) is 7.48. The third-order valence-electron chi connectivity index (χ3n) is 4.91. The molecule has 0 spiro atoms. The molecule has 0 bridgehead atoms. The molecule has 1 saturated carbocycles. The van der Waals surface area contributed by atoms with Crippen LogP contribution in [0.2, 0.25) is 5.02 Å². The van der Waals surface area contributed by atoms with E-state index in [1.165, 1.54) is 41.1 Å². The largest absolute Gasteiger partial charge is 0.481 e. The summed E-state index contributed by atoms with van der Waals surface area (Å²) in [6.07, 6.45) is 1.50. The van der Waals surface area contributed by atoms with Gasteiger partial charge in [0.1, 0.15) is 17.3 Å². The van der Waals surface area contributed by atoms with E-state index in [0.29, 0.717) is 18.5 Å². The molecule has 160 valence electrons. The molecule has 1 aromatic heterocycles. The number of carboxylic acids is 1. The van der Waals surface area contributed by atoms with Crippen molar-refractivity contribution in [2.75, 3.05) is 11.1 Å². The van der Waals surface area contributed by atoms with Crippen molar-refractivity contribution < 1.29 is 19.5 Å². The number of halogens is 1. The van der Waals surface area contributed by atoms with E-state index in [9.17, 15) is 19.2 Å². The van der Waals surface area contributed by atoms with Gasteiger partial charge in [0.2, 0.25) is 5.91 Å². The number of nitrogens with two attached hydrogens (primary N) is 1. The Bertz CT molecular complexity index is 1170. The first-order valence-electron chi connectivity index (χ1n) is 9.19. The molecule has 31 heavy (non-hydrogen) atoms. The normalized spacial score (nSPS) is 14.7. The molecule has 1 aliphatic carbocycles. The summed E-state index contributed by atoms with van der Waals surface area (Å²) >= 11 is 5.93. The number of carbonyl (C=O) groups is 3. The number of amides is 2. The fraction of sp³-hybridized carbons (Fsp3) is 0.250. The van der Waals surface area contributed by atoms with Crippen molar-refractivity contribution in [3.05, 3.63) is 57.5 Å². The molecule has 5 N–H and O–H groups in total. The highest BCUT2D eigenvalue weighted by Crippen LogP contribution is 2.43. The third kappa shape index (κ3) is 4.51. The molecule has 2 amide bonds. The second-order valence-electron chi connectivity index (χ2n) is 7.07. The summed E-state index contributed by atoms with van der Waals surface area (Å²) in [6, 6.07) is 7.68. The number of nitriles is 1. The van der Waals surface area contributed by atoms with E-state index in [2.05, 4.69) is 10.6 Å². The molecule has 0 unspecified atom stereocenters. The van der Waals surface area contributed by atoms with Gasteiger partial charge in [-0.15, -0.1) is 0 Å². The maximum Gasteiger partial charge on any atom is 0.306 e. The number of nitrogens with zero attached hydrogens (tertiary/aromatic N) is 2. The first kappa shape index (κ1) is 21.9. The Balaban J connectivity index is 1.83. The topological polar surface area (TPSA) is 167 Å². The Hall–Kier alpha value is -3.84. The Morgan fingerprint density at radius 3 is 2.61 bits per heavy atom. The SMILES string of the molecule is N#C[C@H](CC(=O)O)NC(=O)C1(n2cccc(NC(=O)c3ccc(N)c(Cl)c3)c2=O)CC1. The van der Waals surface area contributed by atoms with Gasteiger partial charge >= 0.3 is 5.97 Å². The van der Waals surface area contributed by atoms with Crippen LogP contribution in [0.5, 0.6) is 0 Å². The fourth-order valence-electron chi connectivity index (χ4n) is 3.08. The van der Waals surface area contributed by atoms with Crippen LogP contribution in [0.1, 0.15) is 29.6 Å². The first-order chi connectivity index (χ1) is 14.7. The number of carboxylic acid groups (broad SMARTS) is 1. The molecule has 1 heterocycles. The van der Waals surface area contributed by atoms with Crippen LogP contribution in [0.15, 0.2) is 41.3 Å². The van der Waals surface area contributed by atoms with Crippen LogP contribution < -0.4 is 21.9 Å². The van der Waals surface area contributed by atoms with Gasteiger partial charge in [0.15, 0.2) is 0 Å². The number of rotatable bonds is 7. The Morgan fingerprint density at radius 2 is 2.03 bits per heavy atom. The highest BCUT2D eigenvalue weighted by atomic mass is 35.5. The number of hydrogen-bond donors (Lipinski definition) is 4. The lowest BCUT2D eigenvalue weighted by Crippen LogP contribution is -2.47. The van der Waals surface area contributed by atoms with Crippen molar-refractivity contribution in [2.45, 2.75) is 30.8 Å². The zero-order chi connectivity index (χ0) is 22.8. The Kier molecular flexibility index (Phi) is 5.99. The van der Waals surface area contributed by atoms with Crippen LogP contribution in [-0.4, -0.2) is 33.5 Å². The van der Waals surface area contributed by atoms with Crippen molar-refractivity contribution in [1.29, 1.82) is 5.26 Å². The summed E-state index contributed by atoms with van der Waals surface area (Å²) in [6.45, 7) is 0. The van der Waals surface area contributed by atoms with E-state index in [4.69, 9.17) is 27.7 Å². The van der Waals surface area contributed by atoms with Crippen LogP contribution in [0.25, 0.3) is 0 Å². The molecular weight excluding hydrogens is 426 g/mol. The predicted molar refractivity (Wildman–Crippen MR) is 112 cm³/mol. The van der Waals surface area contributed by atoms with E-state index in [1.54, 1.807) is 6.07 Å². The van der Waals surface area contributed by atoms with Gasteiger partial charge in [-0.3, -0.25) is 23.7 Å². The van der Waals surface area contributed by atoms with Crippen molar-refractivity contribution in [3.8, 4) is 6.07 Å². The number of nitrogens with one attached hydrogen (secondary N) is 2. The summed E-state index contributed by atoms with van der Waals surface area (Å²) in [4.78, 5) is 49.0. The average Bonchev–Trinajstić information content (AvgIpc) is 3.52. The van der Waals surface area contributed by atoms with Gasteiger partial charge in [0.05, 0.1) is 23.2 Å². The van der Waals surface area contributed by atoms with Gasteiger partial charge in [-0.2, -0.15) is 5.26 Å². The summed E-state index contributed by atoms with van der Waals surface area (Å²) in [7, 11) is 0. The monoisotopic (exact) mass is 443 g/mol. The molecule has 10 nitrogen and oxygen atoms in total. The lowest BCUT2D eigenvalue weighted by atomic mass is 10.1. The van der Waals surface area contributed by atoms with E-state index >= 15 is 0 Å². The molecular formula is C20H18ClN5O5. The highest BCUT2D eigenvalue weighted by molar-refractivity contribution is 6.33. The summed E-state index contributed by atoms with van der Waals surface area (Å²) < 4.78 is 1.18. The number of aliphatic carboxylic acids is 1. The van der Waals surface area contributed by atoms with Gasteiger partial charge < -0.3 is 21.5 Å². The molecule has 3 rings (SSSR count). The van der Waals surface area contributed by atoms with Crippen LogP contribution in [-0.2, 0) is 15.1 Å². The van der Waals surface area contributed by atoms with Crippen molar-refractivity contribution in [1.82, 2.24) is 9.88 Å². The Labute approximate surface area is 181 Å². The maximum atomic E-state index is 12.9. The van der Waals surface area contributed by atoms with Gasteiger partial charge in [-0.05, 0) is 43.2 Å². The summed E-state index contributed by atoms with van der Waals surface area (Å²) in [5, 5.41) is 23.0. The zero-order valence-corrected chi connectivity index (χ0v) is 16.8. The second kappa shape index (κ2) is 8.49. The number of anilines is 2. The lowest BCUT2D eigenvalue weighted by Gasteiger charge is -2.20. The number of nitrogen functional groups attached to an aromatic ring is 1. The van der Waals surface area contributed by atoms with Crippen LogP contribution in [0.3, 0.4) is 0 Å². The molecule has 0 aliphatic heterocycles. The van der Waals surface area contributed by atoms with Crippen LogP contribution in [0.4, 0.5) is 11.4 Å². The minimum atomic E-state index is -1.24. The molecule has 11 heteroatoms. The number of aromatic nitrogens is 1. The molecule has 1 aromatic carbocycles. The van der Waals surface area contributed by atoms with Crippen LogP contribution in [0, 0.1) is 11.3 Å². The van der Waals surface area contributed by atoms with Crippen molar-refractivity contribution in [2.24, 2.45) is 0 Å². The number of benzene rings is 1. The smallest absolute Gasteiger partial charge is 0.306 e. The summed E-state index contributed by atoms with van der Waals surface area (Å²) in [5.41, 5.74) is 4.22. The summed E-state index contributed by atoms with van der Waals surface area (Å²) in [5.74, 6) is -2.45. The molecule has 1 fully saturated rings. The predicted octanol–water partition coefficient (Wildman–Crippen LogP) is 1.31. The minimum absolute atomic E-state index is 0.0538. The van der Waals surface area contributed by atoms with E-state index in [1.807, 2.05) is 0 Å². The minimum Gasteiger partial charge on any atom is -0.481 e. The number of carbonyl (C=O) groups excluding carboxylic acids is 2.